The van der Waals surface area contributed by atoms with E-state index >= 15 is 0 Å². The Morgan fingerprint density at radius 3 is 2.68 bits per heavy atom. The number of fused-ring (bicyclic) bond motifs is 1. The van der Waals surface area contributed by atoms with E-state index in [-0.39, 0.29) is 36.1 Å². The third kappa shape index (κ3) is 6.26. The van der Waals surface area contributed by atoms with Gasteiger partial charge in [-0.3, -0.25) is 9.98 Å². The molecule has 2 N–H and O–H groups in total. The molecule has 0 spiro atoms. The molecule has 1 aliphatic carbocycles. The van der Waals surface area contributed by atoms with Gasteiger partial charge >= 0.3 is 6.55 Å². The van der Waals surface area contributed by atoms with Crippen molar-refractivity contribution in [2.75, 3.05) is 20.1 Å². The molecule has 3 aliphatic rings. The van der Waals surface area contributed by atoms with Gasteiger partial charge in [-0.05, 0) is 49.1 Å². The summed E-state index contributed by atoms with van der Waals surface area (Å²) in [5, 5.41) is 18.4. The zero-order valence-corrected chi connectivity index (χ0v) is 29.4. The van der Waals surface area contributed by atoms with E-state index < -0.39 is 46.2 Å². The Balaban J connectivity index is 1.23. The van der Waals surface area contributed by atoms with Crippen LogP contribution in [0.3, 0.4) is 0 Å². The summed E-state index contributed by atoms with van der Waals surface area (Å²) in [6.07, 6.45) is 5.88. The molecule has 5 heterocycles. The number of benzene rings is 1. The molecule has 11 nitrogen and oxygen atoms in total. The predicted molar refractivity (Wildman–Crippen MR) is 183 cm³/mol. The topological polar surface area (TPSA) is 129 Å². The van der Waals surface area contributed by atoms with Crippen molar-refractivity contribution in [2.45, 2.75) is 50.4 Å². The number of aliphatic hydroxyl groups is 1. The molecule has 1 aromatic carbocycles. The molecule has 7 rings (SSSR count). The lowest BCUT2D eigenvalue weighted by Crippen LogP contribution is -2.49. The third-order valence-corrected chi connectivity index (χ3v) is 12.5. The van der Waals surface area contributed by atoms with E-state index in [1.54, 1.807) is 36.0 Å². The molecule has 50 heavy (non-hydrogen) atoms. The van der Waals surface area contributed by atoms with E-state index in [0.717, 1.165) is 12.3 Å². The second-order valence-electron chi connectivity index (χ2n) is 12.8. The maximum Gasteiger partial charge on any atom is 0.333 e. The van der Waals surface area contributed by atoms with Crippen LogP contribution in [0.1, 0.15) is 60.7 Å². The van der Waals surface area contributed by atoms with Crippen LogP contribution in [0.25, 0.3) is 5.57 Å². The van der Waals surface area contributed by atoms with Crippen LogP contribution in [0.4, 0.5) is 13.2 Å². The highest BCUT2D eigenvalue weighted by Gasteiger charge is 2.50. The number of aromatic nitrogens is 4. The highest BCUT2D eigenvalue weighted by Crippen LogP contribution is 2.48. The highest BCUT2D eigenvalue weighted by molar-refractivity contribution is 7.87. The smallest absolute Gasteiger partial charge is 0.333 e. The number of aliphatic imine (C=N–C) groups is 1. The average molecular weight is 747 g/mol. The first-order valence-corrected chi connectivity index (χ1v) is 18.7. The Bertz CT molecular complexity index is 2050. The van der Waals surface area contributed by atoms with Gasteiger partial charge in [-0.15, -0.1) is 11.3 Å². The standard InChI is InChI=1S/C33H34ClF3N8O3S2/c1-19-6-7-20(33(19,46)27-5-3-4-11-38-27)17-43(2)50(47,48)42-22-16-26-28(25-10-13-45(41-25)32(36)37)29(23-9-8-21(35)15-24(23)34)40-30(44(26)18-22)31-39-12-14-49-31/h3-5,8-15,19-20,22,29,32,42,46H,6-7,16-18H2,1-2H3/t19?,20?,22-,29-,33?/m0/s1. The van der Waals surface area contributed by atoms with Crippen LogP contribution in [-0.2, 0) is 15.8 Å². The zero-order chi connectivity index (χ0) is 35.4. The molecular formula is C33H34ClF3N8O3S2. The summed E-state index contributed by atoms with van der Waals surface area (Å²) in [6.45, 7) is -0.741. The molecule has 4 aromatic rings. The number of halogens is 4. The summed E-state index contributed by atoms with van der Waals surface area (Å²) >= 11 is 7.88. The average Bonchev–Trinajstić information content (AvgIpc) is 3.90. The summed E-state index contributed by atoms with van der Waals surface area (Å²) in [5.74, 6) is -0.635. The van der Waals surface area contributed by atoms with Gasteiger partial charge in [0.1, 0.15) is 17.5 Å². The van der Waals surface area contributed by atoms with Gasteiger partial charge < -0.3 is 10.0 Å². The van der Waals surface area contributed by atoms with Crippen LogP contribution in [0.5, 0.6) is 0 Å². The van der Waals surface area contributed by atoms with Crippen LogP contribution in [0, 0.1) is 17.7 Å². The predicted octanol–water partition coefficient (Wildman–Crippen LogP) is 5.61. The Morgan fingerprint density at radius 1 is 1.18 bits per heavy atom. The molecule has 5 atom stereocenters. The number of nitrogens with zero attached hydrogens (tertiary/aromatic N) is 7. The van der Waals surface area contributed by atoms with Crippen molar-refractivity contribution in [3.05, 3.63) is 105 Å². The van der Waals surface area contributed by atoms with E-state index in [4.69, 9.17) is 16.6 Å². The third-order valence-electron chi connectivity index (χ3n) is 9.83. The first-order valence-electron chi connectivity index (χ1n) is 16.0. The number of hydrogen-bond donors (Lipinski definition) is 2. The first kappa shape index (κ1) is 34.8. The lowest BCUT2D eigenvalue weighted by molar-refractivity contribution is -0.0442. The molecular weight excluding hydrogens is 713 g/mol. The molecule has 264 valence electrons. The Morgan fingerprint density at radius 2 is 2.00 bits per heavy atom. The highest BCUT2D eigenvalue weighted by atomic mass is 35.5. The van der Waals surface area contributed by atoms with Crippen LogP contribution in [0.15, 0.2) is 77.1 Å². The van der Waals surface area contributed by atoms with Crippen molar-refractivity contribution in [1.82, 2.24) is 33.7 Å². The van der Waals surface area contributed by atoms with Crippen molar-refractivity contribution in [3.63, 3.8) is 0 Å². The zero-order valence-electron chi connectivity index (χ0n) is 27.0. The van der Waals surface area contributed by atoms with Gasteiger partial charge in [0.05, 0.1) is 11.4 Å². The number of rotatable bonds is 10. The number of pyridine rings is 1. The van der Waals surface area contributed by atoms with Crippen molar-refractivity contribution in [2.24, 2.45) is 16.8 Å². The monoisotopic (exact) mass is 746 g/mol. The number of alkyl halides is 2. The van der Waals surface area contributed by atoms with Gasteiger partial charge in [0, 0.05) is 84.3 Å². The summed E-state index contributed by atoms with van der Waals surface area (Å²) in [7, 11) is -2.62. The van der Waals surface area contributed by atoms with E-state index in [2.05, 4.69) is 19.8 Å². The molecule has 2 aliphatic heterocycles. The van der Waals surface area contributed by atoms with Gasteiger partial charge in [0.15, 0.2) is 10.8 Å². The van der Waals surface area contributed by atoms with E-state index in [0.29, 0.717) is 50.9 Å². The second-order valence-corrected chi connectivity index (χ2v) is 15.9. The summed E-state index contributed by atoms with van der Waals surface area (Å²) in [4.78, 5) is 15.7. The quantitative estimate of drug-likeness (QED) is 0.216. The Labute approximate surface area is 296 Å². The van der Waals surface area contributed by atoms with Crippen LogP contribution in [-0.4, -0.2) is 74.5 Å². The van der Waals surface area contributed by atoms with Crippen molar-refractivity contribution in [1.29, 1.82) is 0 Å². The fraction of sp³-hybridized carbons (Fsp3) is 0.394. The summed E-state index contributed by atoms with van der Waals surface area (Å²) in [5.41, 5.74) is 0.872. The maximum atomic E-state index is 14.2. The normalized spacial score (nSPS) is 25.5. The molecule has 0 bridgehead atoms. The Kier molecular flexibility index (Phi) is 9.36. The molecule has 3 aromatic heterocycles. The Hall–Kier alpha value is -3.67. The van der Waals surface area contributed by atoms with Gasteiger partial charge in [-0.2, -0.15) is 31.3 Å². The first-order chi connectivity index (χ1) is 23.9. The maximum absolute atomic E-state index is 14.2. The number of hydrogen-bond acceptors (Lipinski definition) is 9. The molecule has 2 fully saturated rings. The molecule has 3 unspecified atom stereocenters. The second kappa shape index (κ2) is 13.5. The van der Waals surface area contributed by atoms with Crippen molar-refractivity contribution >= 4 is 44.6 Å². The fourth-order valence-corrected chi connectivity index (χ4v) is 9.37. The van der Waals surface area contributed by atoms with Gasteiger partial charge in [-0.25, -0.2) is 14.1 Å². The number of nitrogens with one attached hydrogen (secondary N) is 1. The molecule has 0 amide bonds. The largest absolute Gasteiger partial charge is 0.383 e. The minimum absolute atomic E-state index is 0.0547. The van der Waals surface area contributed by atoms with E-state index in [1.807, 2.05) is 11.8 Å². The lowest BCUT2D eigenvalue weighted by Gasteiger charge is -2.35. The van der Waals surface area contributed by atoms with Crippen molar-refractivity contribution < 1.29 is 26.7 Å². The van der Waals surface area contributed by atoms with Crippen LogP contribution in [0.2, 0.25) is 5.02 Å². The fourth-order valence-electron chi connectivity index (χ4n) is 7.33. The molecule has 1 saturated heterocycles. The SMILES string of the molecule is CC1CCC(CN(C)S(=O)(=O)N[C@H]2CC3=C(c4ccn(C(F)F)n4)[C@H](c4ccc(F)cc4Cl)N=C(c4nccs4)N3C2)C1(O)c1ccccn1. The molecule has 17 heteroatoms. The summed E-state index contributed by atoms with van der Waals surface area (Å²) < 4.78 is 73.9. The van der Waals surface area contributed by atoms with Gasteiger partial charge in [0.2, 0.25) is 0 Å². The van der Waals surface area contributed by atoms with Gasteiger partial charge in [0.25, 0.3) is 10.2 Å². The summed E-state index contributed by atoms with van der Waals surface area (Å²) in [6, 6.07) is 9.11. The van der Waals surface area contributed by atoms with Crippen LogP contribution >= 0.6 is 22.9 Å². The van der Waals surface area contributed by atoms with Gasteiger partial charge in [-0.1, -0.05) is 30.7 Å². The molecule has 1 saturated carbocycles. The van der Waals surface area contributed by atoms with Crippen molar-refractivity contribution in [3.8, 4) is 0 Å². The number of thiazole rings is 1. The minimum Gasteiger partial charge on any atom is -0.383 e. The number of amidine groups is 1. The molecule has 0 radical (unpaired) electrons. The van der Waals surface area contributed by atoms with E-state index in [1.165, 1.54) is 40.9 Å². The van der Waals surface area contributed by atoms with Crippen LogP contribution < -0.4 is 4.72 Å². The lowest BCUT2D eigenvalue weighted by atomic mass is 9.81. The minimum atomic E-state index is -4.09. The van der Waals surface area contributed by atoms with E-state index in [9.17, 15) is 26.7 Å².